The third kappa shape index (κ3) is 3.45. The van der Waals surface area contributed by atoms with Gasteiger partial charge >= 0.3 is 5.97 Å². The van der Waals surface area contributed by atoms with Crippen LogP contribution in [0.5, 0.6) is 0 Å². The largest absolute Gasteiger partial charge is 0.465 e. The monoisotopic (exact) mass is 250 g/mol. The van der Waals surface area contributed by atoms with E-state index in [9.17, 15) is 4.79 Å². The first-order valence-corrected chi connectivity index (χ1v) is 6.04. The highest BCUT2D eigenvalue weighted by atomic mass is 16.5. The van der Waals surface area contributed by atoms with Crippen molar-refractivity contribution in [2.24, 2.45) is 0 Å². The van der Waals surface area contributed by atoms with E-state index in [1.165, 1.54) is 7.11 Å². The second kappa shape index (κ2) is 6.37. The van der Waals surface area contributed by atoms with E-state index in [-0.39, 0.29) is 12.1 Å². The van der Waals surface area contributed by atoms with E-state index in [0.29, 0.717) is 5.56 Å². The molecule has 5 nitrogen and oxygen atoms in total. The van der Waals surface area contributed by atoms with E-state index >= 15 is 0 Å². The van der Waals surface area contributed by atoms with E-state index < -0.39 is 0 Å². The second-order valence-corrected chi connectivity index (χ2v) is 4.15. The van der Waals surface area contributed by atoms with Crippen molar-refractivity contribution >= 4 is 11.7 Å². The SMILES string of the molecule is COC(=O)c1cccc(NCC2CNCCO2)c1. The van der Waals surface area contributed by atoms with Gasteiger partial charge in [-0.3, -0.25) is 0 Å². The van der Waals surface area contributed by atoms with Crippen molar-refractivity contribution in [1.82, 2.24) is 5.32 Å². The minimum atomic E-state index is -0.325. The van der Waals surface area contributed by atoms with Crippen molar-refractivity contribution in [3.63, 3.8) is 0 Å². The van der Waals surface area contributed by atoms with Gasteiger partial charge < -0.3 is 20.1 Å². The second-order valence-electron chi connectivity index (χ2n) is 4.15. The zero-order chi connectivity index (χ0) is 12.8. The summed E-state index contributed by atoms with van der Waals surface area (Å²) >= 11 is 0. The molecule has 5 heteroatoms. The first kappa shape index (κ1) is 12.9. The minimum absolute atomic E-state index is 0.167. The van der Waals surface area contributed by atoms with Gasteiger partial charge in [-0.2, -0.15) is 0 Å². The van der Waals surface area contributed by atoms with Crippen molar-refractivity contribution in [2.45, 2.75) is 6.10 Å². The van der Waals surface area contributed by atoms with Crippen LogP contribution < -0.4 is 10.6 Å². The molecule has 2 N–H and O–H groups in total. The summed E-state index contributed by atoms with van der Waals surface area (Å²) in [7, 11) is 1.38. The Morgan fingerprint density at radius 1 is 1.61 bits per heavy atom. The van der Waals surface area contributed by atoms with Crippen LogP contribution in [0, 0.1) is 0 Å². The quantitative estimate of drug-likeness (QED) is 0.777. The number of anilines is 1. The Bertz CT molecular complexity index is 403. The summed E-state index contributed by atoms with van der Waals surface area (Å²) in [5.74, 6) is -0.325. The van der Waals surface area contributed by atoms with Gasteiger partial charge in [0.25, 0.3) is 0 Å². The number of rotatable bonds is 4. The summed E-state index contributed by atoms with van der Waals surface area (Å²) in [5.41, 5.74) is 1.44. The molecule has 1 saturated heterocycles. The van der Waals surface area contributed by atoms with Gasteiger partial charge in [-0.1, -0.05) is 6.07 Å². The Kier molecular flexibility index (Phi) is 4.55. The molecule has 1 fully saturated rings. The first-order valence-electron chi connectivity index (χ1n) is 6.04. The van der Waals surface area contributed by atoms with Crippen LogP contribution in [-0.4, -0.2) is 45.4 Å². The summed E-state index contributed by atoms with van der Waals surface area (Å²) in [5, 5.41) is 6.53. The van der Waals surface area contributed by atoms with Crippen LogP contribution in [0.4, 0.5) is 5.69 Å². The molecule has 18 heavy (non-hydrogen) atoms. The normalized spacial score (nSPS) is 19.3. The van der Waals surface area contributed by atoms with Crippen molar-refractivity contribution in [1.29, 1.82) is 0 Å². The molecule has 2 rings (SSSR count). The van der Waals surface area contributed by atoms with Gasteiger partial charge in [0.1, 0.15) is 0 Å². The Balaban J connectivity index is 1.90. The molecular weight excluding hydrogens is 232 g/mol. The molecule has 0 aromatic heterocycles. The Hall–Kier alpha value is -1.59. The maximum absolute atomic E-state index is 11.4. The number of morpholine rings is 1. The van der Waals surface area contributed by atoms with Crippen molar-refractivity contribution < 1.29 is 14.3 Å². The van der Waals surface area contributed by atoms with Crippen molar-refractivity contribution in [2.75, 3.05) is 38.7 Å². The summed E-state index contributed by atoms with van der Waals surface area (Å²) in [6, 6.07) is 7.26. The van der Waals surface area contributed by atoms with Crippen molar-refractivity contribution in [3.8, 4) is 0 Å². The maximum Gasteiger partial charge on any atom is 0.337 e. The summed E-state index contributed by atoms with van der Waals surface area (Å²) in [4.78, 5) is 11.4. The summed E-state index contributed by atoms with van der Waals surface area (Å²) in [6.45, 7) is 3.23. The van der Waals surface area contributed by atoms with Gasteiger partial charge in [-0.25, -0.2) is 4.79 Å². The van der Waals surface area contributed by atoms with Crippen LogP contribution in [-0.2, 0) is 9.47 Å². The van der Waals surface area contributed by atoms with E-state index in [2.05, 4.69) is 15.4 Å². The molecule has 1 unspecified atom stereocenters. The van der Waals surface area contributed by atoms with E-state index in [0.717, 1.165) is 31.9 Å². The Morgan fingerprint density at radius 3 is 3.22 bits per heavy atom. The smallest absolute Gasteiger partial charge is 0.337 e. The van der Waals surface area contributed by atoms with Gasteiger partial charge in [0.2, 0.25) is 0 Å². The molecule has 0 amide bonds. The van der Waals surface area contributed by atoms with Crippen molar-refractivity contribution in [3.05, 3.63) is 29.8 Å². The summed E-state index contributed by atoms with van der Waals surface area (Å²) < 4.78 is 10.3. The lowest BCUT2D eigenvalue weighted by Gasteiger charge is -2.24. The fraction of sp³-hybridized carbons (Fsp3) is 0.462. The molecule has 1 atom stereocenters. The Labute approximate surface area is 106 Å². The third-order valence-electron chi connectivity index (χ3n) is 2.82. The number of ether oxygens (including phenoxy) is 2. The fourth-order valence-electron chi connectivity index (χ4n) is 1.86. The zero-order valence-electron chi connectivity index (χ0n) is 10.4. The average Bonchev–Trinajstić information content (AvgIpc) is 2.45. The first-order chi connectivity index (χ1) is 8.79. The molecule has 1 aromatic carbocycles. The van der Waals surface area contributed by atoms with Gasteiger partial charge in [0, 0.05) is 25.3 Å². The molecule has 0 radical (unpaired) electrons. The number of hydrogen-bond acceptors (Lipinski definition) is 5. The highest BCUT2D eigenvalue weighted by Crippen LogP contribution is 2.12. The molecule has 0 bridgehead atoms. The van der Waals surface area contributed by atoms with Gasteiger partial charge in [-0.15, -0.1) is 0 Å². The van der Waals surface area contributed by atoms with E-state index in [1.807, 2.05) is 12.1 Å². The maximum atomic E-state index is 11.4. The lowest BCUT2D eigenvalue weighted by atomic mass is 10.2. The van der Waals surface area contributed by atoms with Gasteiger partial charge in [0.05, 0.1) is 25.4 Å². The lowest BCUT2D eigenvalue weighted by Crippen LogP contribution is -2.42. The number of esters is 1. The molecule has 0 saturated carbocycles. The molecule has 0 aliphatic carbocycles. The summed E-state index contributed by atoms with van der Waals surface area (Å²) in [6.07, 6.45) is 0.167. The zero-order valence-corrected chi connectivity index (χ0v) is 10.4. The van der Waals surface area contributed by atoms with Crippen LogP contribution in [0.1, 0.15) is 10.4 Å². The highest BCUT2D eigenvalue weighted by Gasteiger charge is 2.13. The third-order valence-corrected chi connectivity index (χ3v) is 2.82. The van der Waals surface area contributed by atoms with Gasteiger partial charge in [-0.05, 0) is 18.2 Å². The molecular formula is C13H18N2O3. The van der Waals surface area contributed by atoms with Crippen LogP contribution in [0.25, 0.3) is 0 Å². The molecule has 1 aliphatic heterocycles. The number of methoxy groups -OCH3 is 1. The minimum Gasteiger partial charge on any atom is -0.465 e. The van der Waals surface area contributed by atoms with Crippen LogP contribution in [0.15, 0.2) is 24.3 Å². The fourth-order valence-corrected chi connectivity index (χ4v) is 1.86. The van der Waals surface area contributed by atoms with Crippen LogP contribution in [0.3, 0.4) is 0 Å². The number of carbonyl (C=O) groups is 1. The molecule has 98 valence electrons. The van der Waals surface area contributed by atoms with Gasteiger partial charge in [0.15, 0.2) is 0 Å². The predicted molar refractivity (Wildman–Crippen MR) is 68.9 cm³/mol. The average molecular weight is 250 g/mol. The standard InChI is InChI=1S/C13H18N2O3/c1-17-13(16)10-3-2-4-11(7-10)15-9-12-8-14-5-6-18-12/h2-4,7,12,14-15H,5-6,8-9H2,1H3. The van der Waals surface area contributed by atoms with E-state index in [1.54, 1.807) is 12.1 Å². The number of hydrogen-bond donors (Lipinski definition) is 2. The number of carbonyl (C=O) groups excluding carboxylic acids is 1. The van der Waals surface area contributed by atoms with Crippen LogP contribution in [0.2, 0.25) is 0 Å². The van der Waals surface area contributed by atoms with Crippen LogP contribution >= 0.6 is 0 Å². The van der Waals surface area contributed by atoms with E-state index in [4.69, 9.17) is 4.74 Å². The molecule has 0 spiro atoms. The number of nitrogens with one attached hydrogen (secondary N) is 2. The number of benzene rings is 1. The topological polar surface area (TPSA) is 59.6 Å². The molecule has 1 aliphatic rings. The molecule has 1 heterocycles. The lowest BCUT2D eigenvalue weighted by molar-refractivity contribution is 0.0372. The predicted octanol–water partition coefficient (Wildman–Crippen LogP) is 0.873. The Morgan fingerprint density at radius 2 is 2.50 bits per heavy atom. The molecule has 1 aromatic rings. The highest BCUT2D eigenvalue weighted by molar-refractivity contribution is 5.90.